The molecule has 2 saturated carbocycles. The van der Waals surface area contributed by atoms with Gasteiger partial charge in [0.2, 0.25) is 0 Å². The summed E-state index contributed by atoms with van der Waals surface area (Å²) in [5, 5.41) is 3.99. The molecule has 1 N–H and O–H groups in total. The molecule has 0 aromatic rings. The summed E-state index contributed by atoms with van der Waals surface area (Å²) in [6, 6.07) is 1.58. The van der Waals surface area contributed by atoms with Crippen LogP contribution in [0.4, 0.5) is 0 Å². The molecule has 2 aliphatic rings. The zero-order chi connectivity index (χ0) is 12.1. The Balaban J connectivity index is 1.81. The molecule has 100 valence electrons. The van der Waals surface area contributed by atoms with Crippen molar-refractivity contribution in [3.63, 3.8) is 0 Å². The van der Waals surface area contributed by atoms with E-state index in [2.05, 4.69) is 19.2 Å². The van der Waals surface area contributed by atoms with Crippen LogP contribution in [0.2, 0.25) is 0 Å². The van der Waals surface area contributed by atoms with Gasteiger partial charge in [-0.3, -0.25) is 0 Å². The Kier molecular flexibility index (Phi) is 5.34. The molecule has 0 bridgehead atoms. The van der Waals surface area contributed by atoms with E-state index in [1.807, 2.05) is 0 Å². The van der Waals surface area contributed by atoms with E-state index in [0.717, 1.165) is 23.9 Å². The number of hydrogen-bond donors (Lipinski definition) is 1. The smallest absolute Gasteiger partial charge is 0.00978 e. The van der Waals surface area contributed by atoms with Crippen LogP contribution >= 0.6 is 0 Å². The van der Waals surface area contributed by atoms with E-state index in [1.165, 1.54) is 64.2 Å². The standard InChI is InChI=1S/C16H31N/c1-3-14-9-7-8-12-16(14)17-13(2)15-10-5-4-6-11-15/h13-17H,3-12H2,1-2H3/t13-,14?,16?/m0/s1. The van der Waals surface area contributed by atoms with E-state index in [4.69, 9.17) is 0 Å². The monoisotopic (exact) mass is 237 g/mol. The second kappa shape index (κ2) is 6.78. The molecule has 2 aliphatic carbocycles. The Hall–Kier alpha value is -0.0400. The molecule has 0 spiro atoms. The molecule has 1 nitrogen and oxygen atoms in total. The lowest BCUT2D eigenvalue weighted by molar-refractivity contribution is 0.197. The lowest BCUT2D eigenvalue weighted by Crippen LogP contribution is -2.46. The number of nitrogens with one attached hydrogen (secondary N) is 1. The number of hydrogen-bond acceptors (Lipinski definition) is 1. The summed E-state index contributed by atoms with van der Waals surface area (Å²) in [5.74, 6) is 1.91. The summed E-state index contributed by atoms with van der Waals surface area (Å²) in [6.45, 7) is 4.81. The maximum absolute atomic E-state index is 3.99. The normalized spacial score (nSPS) is 33.5. The average molecular weight is 237 g/mol. The summed E-state index contributed by atoms with van der Waals surface area (Å²) in [6.07, 6.45) is 14.5. The van der Waals surface area contributed by atoms with Crippen LogP contribution in [0.1, 0.15) is 78.1 Å². The van der Waals surface area contributed by atoms with Gasteiger partial charge >= 0.3 is 0 Å². The van der Waals surface area contributed by atoms with Gasteiger partial charge in [-0.05, 0) is 44.4 Å². The molecule has 2 fully saturated rings. The average Bonchev–Trinajstić information content (AvgIpc) is 2.40. The summed E-state index contributed by atoms with van der Waals surface area (Å²) >= 11 is 0. The Labute approximate surface area is 108 Å². The predicted octanol–water partition coefficient (Wildman–Crippen LogP) is 4.51. The fourth-order valence-electron chi connectivity index (χ4n) is 4.02. The molecule has 2 rings (SSSR count). The van der Waals surface area contributed by atoms with Gasteiger partial charge in [-0.25, -0.2) is 0 Å². The molecule has 0 aliphatic heterocycles. The zero-order valence-electron chi connectivity index (χ0n) is 11.9. The van der Waals surface area contributed by atoms with Gasteiger partial charge < -0.3 is 5.32 Å². The van der Waals surface area contributed by atoms with Crippen LogP contribution in [0.3, 0.4) is 0 Å². The molecule has 0 radical (unpaired) electrons. The van der Waals surface area contributed by atoms with Crippen LogP contribution in [0.15, 0.2) is 0 Å². The third-order valence-electron chi connectivity index (χ3n) is 5.27. The highest BCUT2D eigenvalue weighted by Gasteiger charge is 2.27. The van der Waals surface area contributed by atoms with Crippen LogP contribution in [-0.2, 0) is 0 Å². The van der Waals surface area contributed by atoms with Crippen molar-refractivity contribution in [3.8, 4) is 0 Å². The van der Waals surface area contributed by atoms with Crippen molar-refractivity contribution in [2.24, 2.45) is 11.8 Å². The summed E-state index contributed by atoms with van der Waals surface area (Å²) in [4.78, 5) is 0. The van der Waals surface area contributed by atoms with Gasteiger partial charge in [-0.15, -0.1) is 0 Å². The molecular weight excluding hydrogens is 206 g/mol. The lowest BCUT2D eigenvalue weighted by atomic mass is 9.80. The molecule has 3 atom stereocenters. The second-order valence-corrected chi connectivity index (χ2v) is 6.41. The minimum Gasteiger partial charge on any atom is -0.311 e. The molecule has 0 aromatic carbocycles. The predicted molar refractivity (Wildman–Crippen MR) is 75.2 cm³/mol. The fourth-order valence-corrected chi connectivity index (χ4v) is 4.02. The Bertz CT molecular complexity index is 208. The Morgan fingerprint density at radius 1 is 0.941 bits per heavy atom. The first-order valence-electron chi connectivity index (χ1n) is 8.07. The second-order valence-electron chi connectivity index (χ2n) is 6.41. The van der Waals surface area contributed by atoms with Crippen molar-refractivity contribution in [3.05, 3.63) is 0 Å². The van der Waals surface area contributed by atoms with Gasteiger partial charge in [0.1, 0.15) is 0 Å². The van der Waals surface area contributed by atoms with Crippen molar-refractivity contribution in [1.82, 2.24) is 5.32 Å². The van der Waals surface area contributed by atoms with E-state index < -0.39 is 0 Å². The van der Waals surface area contributed by atoms with Crippen LogP contribution in [0.5, 0.6) is 0 Å². The summed E-state index contributed by atoms with van der Waals surface area (Å²) in [7, 11) is 0. The summed E-state index contributed by atoms with van der Waals surface area (Å²) < 4.78 is 0. The third kappa shape index (κ3) is 3.71. The summed E-state index contributed by atoms with van der Waals surface area (Å²) in [5.41, 5.74) is 0. The van der Waals surface area contributed by atoms with Gasteiger partial charge in [0, 0.05) is 12.1 Å². The molecule has 0 aromatic heterocycles. The van der Waals surface area contributed by atoms with Gasteiger partial charge in [-0.1, -0.05) is 45.4 Å². The highest BCUT2D eigenvalue weighted by atomic mass is 15.0. The lowest BCUT2D eigenvalue weighted by Gasteiger charge is -2.37. The first kappa shape index (κ1) is 13.4. The number of rotatable bonds is 4. The van der Waals surface area contributed by atoms with Crippen LogP contribution < -0.4 is 5.32 Å². The van der Waals surface area contributed by atoms with Crippen LogP contribution in [0, 0.1) is 11.8 Å². The van der Waals surface area contributed by atoms with E-state index >= 15 is 0 Å². The minimum atomic E-state index is 0.757. The highest BCUT2D eigenvalue weighted by molar-refractivity contribution is 4.85. The third-order valence-corrected chi connectivity index (χ3v) is 5.27. The Morgan fingerprint density at radius 3 is 2.29 bits per heavy atom. The van der Waals surface area contributed by atoms with Gasteiger partial charge in [0.25, 0.3) is 0 Å². The van der Waals surface area contributed by atoms with E-state index in [-0.39, 0.29) is 0 Å². The largest absolute Gasteiger partial charge is 0.311 e. The SMILES string of the molecule is CCC1CCCCC1N[C@@H](C)C1CCCCC1. The molecular formula is C16H31N. The van der Waals surface area contributed by atoms with E-state index in [9.17, 15) is 0 Å². The van der Waals surface area contributed by atoms with E-state index in [1.54, 1.807) is 0 Å². The van der Waals surface area contributed by atoms with Gasteiger partial charge in [0.05, 0.1) is 0 Å². The Morgan fingerprint density at radius 2 is 1.59 bits per heavy atom. The van der Waals surface area contributed by atoms with E-state index in [0.29, 0.717) is 0 Å². The van der Waals surface area contributed by atoms with Crippen molar-refractivity contribution in [1.29, 1.82) is 0 Å². The topological polar surface area (TPSA) is 12.0 Å². The van der Waals surface area contributed by atoms with Crippen molar-refractivity contribution in [2.45, 2.75) is 90.1 Å². The maximum Gasteiger partial charge on any atom is 0.00978 e. The maximum atomic E-state index is 3.99. The molecule has 1 heteroatoms. The molecule has 0 amide bonds. The fraction of sp³-hybridized carbons (Fsp3) is 1.00. The minimum absolute atomic E-state index is 0.757. The van der Waals surface area contributed by atoms with Gasteiger partial charge in [-0.2, -0.15) is 0 Å². The van der Waals surface area contributed by atoms with Crippen LogP contribution in [-0.4, -0.2) is 12.1 Å². The molecule has 17 heavy (non-hydrogen) atoms. The first-order valence-corrected chi connectivity index (χ1v) is 8.07. The van der Waals surface area contributed by atoms with Crippen molar-refractivity contribution < 1.29 is 0 Å². The first-order chi connectivity index (χ1) is 8.31. The molecule has 0 saturated heterocycles. The molecule has 0 heterocycles. The van der Waals surface area contributed by atoms with Gasteiger partial charge in [0.15, 0.2) is 0 Å². The zero-order valence-corrected chi connectivity index (χ0v) is 11.9. The van der Waals surface area contributed by atoms with Crippen molar-refractivity contribution >= 4 is 0 Å². The van der Waals surface area contributed by atoms with Crippen molar-refractivity contribution in [2.75, 3.05) is 0 Å². The quantitative estimate of drug-likeness (QED) is 0.758. The highest BCUT2D eigenvalue weighted by Crippen LogP contribution is 2.30. The van der Waals surface area contributed by atoms with Crippen LogP contribution in [0.25, 0.3) is 0 Å². The molecule has 2 unspecified atom stereocenters.